The van der Waals surface area contributed by atoms with Crippen LogP contribution in [0.5, 0.6) is 0 Å². The molecule has 0 spiro atoms. The monoisotopic (exact) mass is 388 g/mol. The van der Waals surface area contributed by atoms with E-state index in [1.807, 2.05) is 74.2 Å². The molecule has 29 heavy (non-hydrogen) atoms. The number of nitrogens with one attached hydrogen (secondary N) is 1. The van der Waals surface area contributed by atoms with Gasteiger partial charge in [-0.05, 0) is 37.1 Å². The summed E-state index contributed by atoms with van der Waals surface area (Å²) in [5, 5.41) is 3.03. The summed E-state index contributed by atoms with van der Waals surface area (Å²) < 4.78 is 0. The fourth-order valence-corrected chi connectivity index (χ4v) is 3.51. The molecule has 2 aromatic carbocycles. The molecule has 0 radical (unpaired) electrons. The molecule has 1 aliphatic rings. The van der Waals surface area contributed by atoms with Crippen LogP contribution in [0.25, 0.3) is 0 Å². The third-order valence-electron chi connectivity index (χ3n) is 5.34. The van der Waals surface area contributed by atoms with E-state index < -0.39 is 11.0 Å². The van der Waals surface area contributed by atoms with Gasteiger partial charge in [-0.2, -0.15) is 0 Å². The lowest BCUT2D eigenvalue weighted by molar-refractivity contribution is -0.138. The van der Waals surface area contributed by atoms with Crippen LogP contribution >= 0.6 is 0 Å². The zero-order valence-corrected chi connectivity index (χ0v) is 17.4. The number of nitrogens with zero attached hydrogens (tertiary/aromatic N) is 1. The number of carbonyl (C=O) groups excluding carboxylic acids is 2. The Morgan fingerprint density at radius 3 is 2.00 bits per heavy atom. The van der Waals surface area contributed by atoms with Crippen LogP contribution in [0.3, 0.4) is 0 Å². The zero-order chi connectivity index (χ0) is 20.9. The van der Waals surface area contributed by atoms with Crippen LogP contribution in [-0.4, -0.2) is 35.3 Å². The minimum absolute atomic E-state index is 0.129. The number of benzene rings is 2. The first-order chi connectivity index (χ1) is 13.8. The van der Waals surface area contributed by atoms with Crippen molar-refractivity contribution in [2.45, 2.75) is 39.2 Å². The minimum atomic E-state index is -1.33. The van der Waals surface area contributed by atoms with Crippen LogP contribution in [-0.2, 0) is 4.79 Å². The summed E-state index contributed by atoms with van der Waals surface area (Å²) >= 11 is 0. The number of carbonyl (C=O) groups is 2. The lowest BCUT2D eigenvalue weighted by Crippen LogP contribution is -2.65. The van der Waals surface area contributed by atoms with Gasteiger partial charge in [0.15, 0.2) is 5.54 Å². The summed E-state index contributed by atoms with van der Waals surface area (Å²) in [4.78, 5) is 28.6. The van der Waals surface area contributed by atoms with Gasteiger partial charge in [0.1, 0.15) is 0 Å². The molecule has 1 N–H and O–H groups in total. The van der Waals surface area contributed by atoms with Crippen molar-refractivity contribution in [1.29, 1.82) is 0 Å². The van der Waals surface area contributed by atoms with Crippen molar-refractivity contribution in [1.82, 2.24) is 10.2 Å². The van der Waals surface area contributed by atoms with Crippen molar-refractivity contribution < 1.29 is 9.59 Å². The molecule has 1 aliphatic heterocycles. The van der Waals surface area contributed by atoms with Gasteiger partial charge in [-0.15, -0.1) is 0 Å². The molecule has 4 heteroatoms. The highest BCUT2D eigenvalue weighted by Gasteiger charge is 2.51. The molecule has 0 aliphatic carbocycles. The standard InChI is InChI=1S/C25H28N2O2/c1-24(2,3)25(23(29)27-18-10-11-19-27,17-16-20-12-6-4-7-13-20)26-22(28)21-14-8-5-9-15-21/h4-9,12-15H,10-11,18-19H2,1-3H3,(H,26,28). The number of likely N-dealkylation sites (tertiary alicyclic amines) is 1. The average Bonchev–Trinajstić information content (AvgIpc) is 3.26. The molecule has 2 amide bonds. The van der Waals surface area contributed by atoms with Crippen molar-refractivity contribution >= 4 is 11.8 Å². The fourth-order valence-electron chi connectivity index (χ4n) is 3.51. The predicted octanol–water partition coefficient (Wildman–Crippen LogP) is 3.88. The second-order valence-corrected chi connectivity index (χ2v) is 8.44. The Labute approximate surface area is 173 Å². The number of hydrogen-bond acceptors (Lipinski definition) is 2. The van der Waals surface area contributed by atoms with Crippen molar-refractivity contribution in [3.63, 3.8) is 0 Å². The van der Waals surface area contributed by atoms with Crippen molar-refractivity contribution in [3.8, 4) is 11.8 Å². The molecule has 4 nitrogen and oxygen atoms in total. The first-order valence-corrected chi connectivity index (χ1v) is 10.1. The summed E-state index contributed by atoms with van der Waals surface area (Å²) in [6.45, 7) is 7.25. The van der Waals surface area contributed by atoms with Crippen molar-refractivity contribution in [3.05, 3.63) is 71.8 Å². The van der Waals surface area contributed by atoms with Gasteiger partial charge in [0.2, 0.25) is 0 Å². The molecule has 1 unspecified atom stereocenters. The lowest BCUT2D eigenvalue weighted by atomic mass is 9.72. The maximum atomic E-state index is 13.7. The normalized spacial score (nSPS) is 15.8. The van der Waals surface area contributed by atoms with Crippen molar-refractivity contribution in [2.75, 3.05) is 13.1 Å². The van der Waals surface area contributed by atoms with E-state index in [-0.39, 0.29) is 11.8 Å². The van der Waals surface area contributed by atoms with E-state index in [0.717, 1.165) is 18.4 Å². The second kappa shape index (κ2) is 8.53. The lowest BCUT2D eigenvalue weighted by Gasteiger charge is -2.42. The van der Waals surface area contributed by atoms with Gasteiger partial charge in [-0.25, -0.2) is 0 Å². The van der Waals surface area contributed by atoms with Gasteiger partial charge < -0.3 is 10.2 Å². The van der Waals surface area contributed by atoms with Gasteiger partial charge in [0.05, 0.1) is 0 Å². The van der Waals surface area contributed by atoms with Crippen LogP contribution in [0.4, 0.5) is 0 Å². The molecular formula is C25H28N2O2. The number of rotatable bonds is 3. The van der Waals surface area contributed by atoms with E-state index in [2.05, 4.69) is 17.2 Å². The quantitative estimate of drug-likeness (QED) is 0.812. The van der Waals surface area contributed by atoms with Gasteiger partial charge in [0, 0.05) is 29.6 Å². The highest BCUT2D eigenvalue weighted by Crippen LogP contribution is 2.33. The Morgan fingerprint density at radius 1 is 0.897 bits per heavy atom. The maximum Gasteiger partial charge on any atom is 0.261 e. The van der Waals surface area contributed by atoms with E-state index in [1.54, 1.807) is 12.1 Å². The van der Waals surface area contributed by atoms with E-state index in [0.29, 0.717) is 18.7 Å². The van der Waals surface area contributed by atoms with E-state index in [9.17, 15) is 9.59 Å². The Kier molecular flexibility index (Phi) is 6.08. The SMILES string of the molecule is CC(C)(C)C(C#Cc1ccccc1)(NC(=O)c1ccccc1)C(=O)N1CCCC1. The smallest absolute Gasteiger partial charge is 0.261 e. The highest BCUT2D eigenvalue weighted by atomic mass is 16.2. The van der Waals surface area contributed by atoms with Gasteiger partial charge in [0.25, 0.3) is 11.8 Å². The van der Waals surface area contributed by atoms with E-state index in [4.69, 9.17) is 0 Å². The average molecular weight is 389 g/mol. The third-order valence-corrected chi connectivity index (χ3v) is 5.34. The molecule has 0 aromatic heterocycles. The Hall–Kier alpha value is -3.06. The van der Waals surface area contributed by atoms with Gasteiger partial charge in [-0.1, -0.05) is 69.0 Å². The molecule has 0 saturated carbocycles. The van der Waals surface area contributed by atoms with Gasteiger partial charge in [-0.3, -0.25) is 9.59 Å². The molecule has 0 bridgehead atoms. The van der Waals surface area contributed by atoms with Crippen LogP contribution in [0.15, 0.2) is 60.7 Å². The Bertz CT molecular complexity index is 914. The van der Waals surface area contributed by atoms with Crippen molar-refractivity contribution in [2.24, 2.45) is 5.41 Å². The van der Waals surface area contributed by atoms with E-state index in [1.165, 1.54) is 0 Å². The van der Waals surface area contributed by atoms with E-state index >= 15 is 0 Å². The molecule has 2 aromatic rings. The maximum absolute atomic E-state index is 13.7. The summed E-state index contributed by atoms with van der Waals surface area (Å²) in [6.07, 6.45) is 1.95. The van der Waals surface area contributed by atoms with Gasteiger partial charge >= 0.3 is 0 Å². The molecule has 1 saturated heterocycles. The largest absolute Gasteiger partial charge is 0.340 e. The Morgan fingerprint density at radius 2 is 1.45 bits per heavy atom. The summed E-state index contributed by atoms with van der Waals surface area (Å²) in [6, 6.07) is 18.5. The van der Waals surface area contributed by atoms with Crippen LogP contribution < -0.4 is 5.32 Å². The molecule has 1 heterocycles. The number of hydrogen-bond donors (Lipinski definition) is 1. The molecule has 1 atom stereocenters. The second-order valence-electron chi connectivity index (χ2n) is 8.44. The fraction of sp³-hybridized carbons (Fsp3) is 0.360. The third kappa shape index (κ3) is 4.51. The Balaban J connectivity index is 2.07. The first-order valence-electron chi connectivity index (χ1n) is 10.1. The minimum Gasteiger partial charge on any atom is -0.340 e. The number of amides is 2. The van der Waals surface area contributed by atoms with Crippen LogP contribution in [0.1, 0.15) is 49.5 Å². The molecular weight excluding hydrogens is 360 g/mol. The van der Waals surface area contributed by atoms with Crippen LogP contribution in [0, 0.1) is 17.3 Å². The summed E-state index contributed by atoms with van der Waals surface area (Å²) in [5.41, 5.74) is -0.625. The zero-order valence-electron chi connectivity index (χ0n) is 17.4. The summed E-state index contributed by atoms with van der Waals surface area (Å²) in [5.74, 6) is 5.91. The molecule has 1 fully saturated rings. The molecule has 150 valence electrons. The summed E-state index contributed by atoms with van der Waals surface area (Å²) in [7, 11) is 0. The van der Waals surface area contributed by atoms with Crippen LogP contribution in [0.2, 0.25) is 0 Å². The predicted molar refractivity (Wildman–Crippen MR) is 115 cm³/mol. The first kappa shape index (κ1) is 20.7. The topological polar surface area (TPSA) is 49.4 Å². The molecule has 3 rings (SSSR count). The highest BCUT2D eigenvalue weighted by molar-refractivity contribution is 6.01.